The molecule has 0 unspecified atom stereocenters. The zero-order valence-corrected chi connectivity index (χ0v) is 13.9. The fourth-order valence-electron chi connectivity index (χ4n) is 2.39. The molecule has 0 aliphatic heterocycles. The summed E-state index contributed by atoms with van der Waals surface area (Å²) in [5.74, 6) is -0.482. The highest BCUT2D eigenvalue weighted by Crippen LogP contribution is 2.20. The van der Waals surface area contributed by atoms with Crippen molar-refractivity contribution >= 4 is 39.1 Å². The van der Waals surface area contributed by atoms with Crippen LogP contribution in [0.25, 0.3) is 10.8 Å². The van der Waals surface area contributed by atoms with Gasteiger partial charge in [0.1, 0.15) is 6.61 Å². The molecule has 6 heteroatoms. The van der Waals surface area contributed by atoms with E-state index in [2.05, 4.69) is 10.3 Å². The zero-order chi connectivity index (χ0) is 16.9. The Balaban J connectivity index is 1.61. The molecule has 0 saturated heterocycles. The molecule has 0 bridgehead atoms. The van der Waals surface area contributed by atoms with E-state index in [4.69, 9.17) is 4.74 Å². The first-order valence-electron chi connectivity index (χ1n) is 7.46. The summed E-state index contributed by atoms with van der Waals surface area (Å²) in [6, 6.07) is 13.8. The molecule has 0 fully saturated rings. The highest BCUT2D eigenvalue weighted by Gasteiger charge is 2.10. The van der Waals surface area contributed by atoms with Crippen LogP contribution in [-0.4, -0.2) is 16.9 Å². The van der Waals surface area contributed by atoms with Gasteiger partial charge in [-0.05, 0) is 16.3 Å². The molecule has 1 N–H and O–H groups in total. The van der Waals surface area contributed by atoms with Crippen LogP contribution in [0.1, 0.15) is 18.2 Å². The van der Waals surface area contributed by atoms with Gasteiger partial charge in [0.15, 0.2) is 5.13 Å². The summed E-state index contributed by atoms with van der Waals surface area (Å²) in [5, 5.41) is 7.02. The molecule has 2 aromatic carbocycles. The molecule has 1 amide bonds. The van der Waals surface area contributed by atoms with E-state index in [-0.39, 0.29) is 24.9 Å². The van der Waals surface area contributed by atoms with Crippen molar-refractivity contribution in [1.29, 1.82) is 0 Å². The van der Waals surface area contributed by atoms with E-state index in [0.717, 1.165) is 16.3 Å². The van der Waals surface area contributed by atoms with E-state index in [0.29, 0.717) is 10.8 Å². The number of esters is 1. The highest BCUT2D eigenvalue weighted by atomic mass is 32.1. The van der Waals surface area contributed by atoms with Crippen molar-refractivity contribution in [2.45, 2.75) is 20.0 Å². The Morgan fingerprint density at radius 1 is 1.17 bits per heavy atom. The summed E-state index contributed by atoms with van der Waals surface area (Å²) in [6.07, 6.45) is 0.212. The smallest absolute Gasteiger partial charge is 0.310 e. The maximum atomic E-state index is 12.1. The van der Waals surface area contributed by atoms with Crippen molar-refractivity contribution < 1.29 is 14.3 Å². The largest absolute Gasteiger partial charge is 0.459 e. The lowest BCUT2D eigenvalue weighted by Gasteiger charge is -2.06. The number of nitrogens with one attached hydrogen (secondary N) is 1. The van der Waals surface area contributed by atoms with Gasteiger partial charge < -0.3 is 10.1 Å². The Hall–Kier alpha value is -2.73. The summed E-state index contributed by atoms with van der Waals surface area (Å²) in [5.41, 5.74) is 1.56. The van der Waals surface area contributed by atoms with Crippen molar-refractivity contribution in [3.05, 3.63) is 59.1 Å². The van der Waals surface area contributed by atoms with Crippen LogP contribution in [0, 0.1) is 0 Å². The number of aromatic nitrogens is 1. The second kappa shape index (κ2) is 7.23. The summed E-state index contributed by atoms with van der Waals surface area (Å²) < 4.78 is 5.29. The van der Waals surface area contributed by atoms with Crippen LogP contribution in [0.3, 0.4) is 0 Å². The highest BCUT2D eigenvalue weighted by molar-refractivity contribution is 7.13. The van der Waals surface area contributed by atoms with Gasteiger partial charge in [-0.15, -0.1) is 11.3 Å². The van der Waals surface area contributed by atoms with Crippen LogP contribution >= 0.6 is 11.3 Å². The first-order chi connectivity index (χ1) is 11.6. The molecule has 24 heavy (non-hydrogen) atoms. The van der Waals surface area contributed by atoms with Crippen LogP contribution in [0.5, 0.6) is 0 Å². The number of nitrogens with zero attached hydrogens (tertiary/aromatic N) is 1. The summed E-state index contributed by atoms with van der Waals surface area (Å²) in [6.45, 7) is 1.52. The number of anilines is 1. The topological polar surface area (TPSA) is 68.3 Å². The van der Waals surface area contributed by atoms with E-state index in [1.807, 2.05) is 42.5 Å². The standard InChI is InChI=1S/C18H16N2O3S/c1-12(21)19-18-20-15(11-24-18)10-23-17(22)9-14-7-4-6-13-5-2-3-8-16(13)14/h2-8,11H,9-10H2,1H3,(H,19,20,21). The number of benzene rings is 2. The van der Waals surface area contributed by atoms with Gasteiger partial charge in [-0.3, -0.25) is 9.59 Å². The van der Waals surface area contributed by atoms with Gasteiger partial charge in [-0.25, -0.2) is 4.98 Å². The molecule has 3 rings (SSSR count). The average Bonchev–Trinajstić information content (AvgIpc) is 3.00. The van der Waals surface area contributed by atoms with Crippen molar-refractivity contribution in [3.63, 3.8) is 0 Å². The minimum Gasteiger partial charge on any atom is -0.459 e. The molecule has 5 nitrogen and oxygen atoms in total. The van der Waals surface area contributed by atoms with Gasteiger partial charge in [-0.1, -0.05) is 42.5 Å². The Labute approximate surface area is 143 Å². The van der Waals surface area contributed by atoms with Crippen LogP contribution in [0.2, 0.25) is 0 Å². The number of carbonyl (C=O) groups is 2. The fourth-order valence-corrected chi connectivity index (χ4v) is 3.13. The molecule has 3 aromatic rings. The van der Waals surface area contributed by atoms with Gasteiger partial charge in [-0.2, -0.15) is 0 Å². The lowest BCUT2D eigenvalue weighted by atomic mass is 10.0. The third-order valence-corrected chi connectivity index (χ3v) is 4.24. The second-order valence-electron chi connectivity index (χ2n) is 5.30. The van der Waals surface area contributed by atoms with Crippen molar-refractivity contribution in [2.24, 2.45) is 0 Å². The first-order valence-corrected chi connectivity index (χ1v) is 8.34. The number of ether oxygens (including phenoxy) is 1. The van der Waals surface area contributed by atoms with Crippen LogP contribution in [-0.2, 0) is 27.4 Å². The summed E-state index contributed by atoms with van der Waals surface area (Å²) >= 11 is 1.30. The molecule has 0 aliphatic carbocycles. The normalized spacial score (nSPS) is 10.5. The molecule has 0 atom stereocenters. The molecule has 0 aliphatic rings. The summed E-state index contributed by atoms with van der Waals surface area (Å²) in [4.78, 5) is 27.3. The molecule has 1 heterocycles. The predicted octanol–water partition coefficient (Wildman–Crippen LogP) is 3.54. The van der Waals surface area contributed by atoms with Crippen LogP contribution < -0.4 is 5.32 Å². The number of thiazole rings is 1. The zero-order valence-electron chi connectivity index (χ0n) is 13.1. The van der Waals surface area contributed by atoms with Gasteiger partial charge in [0.2, 0.25) is 5.91 Å². The van der Waals surface area contributed by atoms with E-state index in [9.17, 15) is 9.59 Å². The Morgan fingerprint density at radius 3 is 2.79 bits per heavy atom. The summed E-state index contributed by atoms with van der Waals surface area (Å²) in [7, 11) is 0. The number of carbonyl (C=O) groups excluding carboxylic acids is 2. The van der Waals surface area contributed by atoms with Crippen molar-refractivity contribution in [2.75, 3.05) is 5.32 Å². The predicted molar refractivity (Wildman–Crippen MR) is 93.9 cm³/mol. The maximum absolute atomic E-state index is 12.1. The Kier molecular flexibility index (Phi) is 4.86. The van der Waals surface area contributed by atoms with Crippen LogP contribution in [0.4, 0.5) is 5.13 Å². The van der Waals surface area contributed by atoms with E-state index < -0.39 is 0 Å². The van der Waals surface area contributed by atoms with Crippen molar-refractivity contribution in [3.8, 4) is 0 Å². The Bertz CT molecular complexity index is 883. The van der Waals surface area contributed by atoms with Gasteiger partial charge in [0.25, 0.3) is 0 Å². The molecule has 0 saturated carbocycles. The monoisotopic (exact) mass is 340 g/mol. The number of rotatable bonds is 5. The fraction of sp³-hybridized carbons (Fsp3) is 0.167. The molecular formula is C18H16N2O3S. The van der Waals surface area contributed by atoms with E-state index >= 15 is 0 Å². The minimum atomic E-state index is -0.305. The second-order valence-corrected chi connectivity index (χ2v) is 6.16. The SMILES string of the molecule is CC(=O)Nc1nc(COC(=O)Cc2cccc3ccccc23)cs1. The third kappa shape index (κ3) is 3.97. The Morgan fingerprint density at radius 2 is 1.96 bits per heavy atom. The van der Waals surface area contributed by atoms with Gasteiger partial charge in [0, 0.05) is 12.3 Å². The van der Waals surface area contributed by atoms with Crippen LogP contribution in [0.15, 0.2) is 47.8 Å². The molecule has 0 spiro atoms. The quantitative estimate of drug-likeness (QED) is 0.721. The molecule has 1 aromatic heterocycles. The number of fused-ring (bicyclic) bond motifs is 1. The lowest BCUT2D eigenvalue weighted by molar-refractivity contribution is -0.144. The molecular weight excluding hydrogens is 324 g/mol. The first kappa shape index (κ1) is 16.1. The van der Waals surface area contributed by atoms with Gasteiger partial charge >= 0.3 is 5.97 Å². The third-order valence-electron chi connectivity index (χ3n) is 3.43. The number of hydrogen-bond acceptors (Lipinski definition) is 5. The average molecular weight is 340 g/mol. The maximum Gasteiger partial charge on any atom is 0.310 e. The number of hydrogen-bond donors (Lipinski definition) is 1. The van der Waals surface area contributed by atoms with Crippen molar-refractivity contribution in [1.82, 2.24) is 4.98 Å². The molecule has 0 radical (unpaired) electrons. The molecule has 122 valence electrons. The number of amides is 1. The minimum absolute atomic E-state index is 0.0969. The van der Waals surface area contributed by atoms with Gasteiger partial charge in [0.05, 0.1) is 12.1 Å². The lowest BCUT2D eigenvalue weighted by Crippen LogP contribution is -2.09. The van der Waals surface area contributed by atoms with E-state index in [1.54, 1.807) is 5.38 Å². The van der Waals surface area contributed by atoms with E-state index in [1.165, 1.54) is 18.3 Å².